The van der Waals surface area contributed by atoms with Gasteiger partial charge in [-0.2, -0.15) is 10.4 Å². The van der Waals surface area contributed by atoms with E-state index >= 15 is 0 Å². The third-order valence-electron chi connectivity index (χ3n) is 9.95. The highest BCUT2D eigenvalue weighted by Crippen LogP contribution is 2.63. The van der Waals surface area contributed by atoms with Crippen LogP contribution in [0.1, 0.15) is 83.6 Å². The van der Waals surface area contributed by atoms with E-state index in [9.17, 15) is 9.90 Å². The van der Waals surface area contributed by atoms with Gasteiger partial charge in [0.2, 0.25) is 0 Å². The SMILES string of the molecule is C[C@@]1(O)CC[C@H]2C(CC[C@@H]3[C@@H]2CC[C@]2(C)[C@@H](C(=O)Cn4cc(C#N)cn4)CCC[C@@H]32)C1. The van der Waals surface area contributed by atoms with Crippen molar-refractivity contribution in [3.05, 3.63) is 18.0 Å². The van der Waals surface area contributed by atoms with Crippen LogP contribution in [0.5, 0.6) is 0 Å². The number of nitriles is 1. The van der Waals surface area contributed by atoms with Gasteiger partial charge in [0.05, 0.1) is 23.9 Å². The second-order valence-electron chi connectivity index (χ2n) is 11.7. The van der Waals surface area contributed by atoms with Crippen molar-refractivity contribution < 1.29 is 9.90 Å². The minimum Gasteiger partial charge on any atom is -0.390 e. The molecule has 1 aromatic rings. The van der Waals surface area contributed by atoms with Crippen LogP contribution in [0.2, 0.25) is 0 Å². The predicted octanol–water partition coefficient (Wildman–Crippen LogP) is 4.73. The molecular weight excluding hydrogens is 386 g/mol. The molecule has 5 heteroatoms. The lowest BCUT2D eigenvalue weighted by Gasteiger charge is -2.60. The molecule has 5 nitrogen and oxygen atoms in total. The molecule has 4 aliphatic carbocycles. The first kappa shape index (κ1) is 21.2. The molecule has 0 radical (unpaired) electrons. The van der Waals surface area contributed by atoms with Crippen LogP contribution in [-0.4, -0.2) is 26.3 Å². The maximum Gasteiger partial charge on any atom is 0.157 e. The molecule has 8 atom stereocenters. The van der Waals surface area contributed by atoms with Crippen molar-refractivity contribution in [3.8, 4) is 6.07 Å². The molecule has 0 spiro atoms. The Morgan fingerprint density at radius 3 is 2.74 bits per heavy atom. The van der Waals surface area contributed by atoms with Crippen LogP contribution in [-0.2, 0) is 11.3 Å². The fourth-order valence-electron chi connectivity index (χ4n) is 8.58. The normalized spacial score (nSPS) is 44.5. The molecule has 4 fully saturated rings. The monoisotopic (exact) mass is 423 g/mol. The highest BCUT2D eigenvalue weighted by Gasteiger charge is 2.57. The van der Waals surface area contributed by atoms with Crippen molar-refractivity contribution in [2.75, 3.05) is 0 Å². The average molecular weight is 424 g/mol. The fourth-order valence-corrected chi connectivity index (χ4v) is 8.58. The van der Waals surface area contributed by atoms with Crippen molar-refractivity contribution in [3.63, 3.8) is 0 Å². The molecule has 4 aliphatic rings. The zero-order chi connectivity index (χ0) is 21.8. The first-order valence-electron chi connectivity index (χ1n) is 12.5. The Labute approximate surface area is 186 Å². The van der Waals surface area contributed by atoms with Crippen LogP contribution >= 0.6 is 0 Å². The van der Waals surface area contributed by atoms with Gasteiger partial charge in [-0.15, -0.1) is 0 Å². The summed E-state index contributed by atoms with van der Waals surface area (Å²) in [5.74, 6) is 4.12. The van der Waals surface area contributed by atoms with Crippen LogP contribution < -0.4 is 0 Å². The largest absolute Gasteiger partial charge is 0.390 e. The van der Waals surface area contributed by atoms with E-state index in [-0.39, 0.29) is 11.3 Å². The summed E-state index contributed by atoms with van der Waals surface area (Å²) in [7, 11) is 0. The number of ketones is 1. The summed E-state index contributed by atoms with van der Waals surface area (Å²) in [5.41, 5.74) is 0.163. The van der Waals surface area contributed by atoms with Crippen molar-refractivity contribution in [2.24, 2.45) is 40.9 Å². The lowest BCUT2D eigenvalue weighted by atomic mass is 9.44. The van der Waals surface area contributed by atoms with Gasteiger partial charge in [-0.1, -0.05) is 13.3 Å². The summed E-state index contributed by atoms with van der Waals surface area (Å²) in [6.07, 6.45) is 14.8. The van der Waals surface area contributed by atoms with Crippen molar-refractivity contribution in [1.29, 1.82) is 5.26 Å². The molecule has 5 rings (SSSR count). The number of hydrogen-bond donors (Lipinski definition) is 1. The van der Waals surface area contributed by atoms with Gasteiger partial charge in [0.15, 0.2) is 5.78 Å². The highest BCUT2D eigenvalue weighted by molar-refractivity contribution is 5.81. The molecule has 0 saturated heterocycles. The van der Waals surface area contributed by atoms with E-state index < -0.39 is 5.60 Å². The molecule has 0 amide bonds. The first-order chi connectivity index (χ1) is 14.8. The second-order valence-corrected chi connectivity index (χ2v) is 11.7. The predicted molar refractivity (Wildman–Crippen MR) is 118 cm³/mol. The van der Waals surface area contributed by atoms with Crippen LogP contribution in [0, 0.1) is 52.3 Å². The third kappa shape index (κ3) is 3.65. The Morgan fingerprint density at radius 1 is 1.16 bits per heavy atom. The number of aliphatic hydroxyl groups is 1. The maximum atomic E-state index is 13.4. The number of rotatable bonds is 3. The lowest BCUT2D eigenvalue weighted by Crippen LogP contribution is -2.55. The molecule has 0 aromatic carbocycles. The Bertz CT molecular complexity index is 883. The number of aromatic nitrogens is 2. The van der Waals surface area contributed by atoms with E-state index in [2.05, 4.69) is 18.1 Å². The van der Waals surface area contributed by atoms with Crippen molar-refractivity contribution >= 4 is 5.78 Å². The summed E-state index contributed by atoms with van der Waals surface area (Å²) in [5, 5.41) is 23.9. The number of nitrogens with zero attached hydrogens (tertiary/aromatic N) is 3. The zero-order valence-electron chi connectivity index (χ0n) is 19.1. The summed E-state index contributed by atoms with van der Waals surface area (Å²) < 4.78 is 1.65. The van der Waals surface area contributed by atoms with E-state index in [0.29, 0.717) is 29.7 Å². The van der Waals surface area contributed by atoms with Crippen molar-refractivity contribution in [1.82, 2.24) is 9.78 Å². The Morgan fingerprint density at radius 2 is 1.97 bits per heavy atom. The second kappa shape index (κ2) is 7.73. The van der Waals surface area contributed by atoms with Crippen molar-refractivity contribution in [2.45, 2.75) is 90.2 Å². The van der Waals surface area contributed by atoms with Gasteiger partial charge in [-0.3, -0.25) is 9.48 Å². The van der Waals surface area contributed by atoms with Gasteiger partial charge in [-0.05, 0) is 99.7 Å². The molecule has 4 saturated carbocycles. The topological polar surface area (TPSA) is 78.9 Å². The number of fused-ring (bicyclic) bond motifs is 5. The number of Topliss-reactive ketones (excluding diaryl/α,β-unsaturated/α-hetero) is 1. The summed E-state index contributed by atoms with van der Waals surface area (Å²) in [6.45, 7) is 4.74. The van der Waals surface area contributed by atoms with E-state index in [1.54, 1.807) is 17.1 Å². The van der Waals surface area contributed by atoms with Gasteiger partial charge in [0, 0.05) is 12.1 Å². The molecule has 0 aliphatic heterocycles. The number of carbonyl (C=O) groups excluding carboxylic acids is 1. The fraction of sp³-hybridized carbons (Fsp3) is 0.808. The van der Waals surface area contributed by atoms with E-state index in [1.807, 2.05) is 6.92 Å². The Hall–Kier alpha value is -1.67. The minimum atomic E-state index is -0.461. The third-order valence-corrected chi connectivity index (χ3v) is 9.95. The smallest absolute Gasteiger partial charge is 0.157 e. The van der Waals surface area contributed by atoms with Gasteiger partial charge in [0.1, 0.15) is 6.07 Å². The van der Waals surface area contributed by atoms with Crippen LogP contribution in [0.3, 0.4) is 0 Å². The van der Waals surface area contributed by atoms with E-state index in [1.165, 1.54) is 32.1 Å². The van der Waals surface area contributed by atoms with Crippen LogP contribution in [0.4, 0.5) is 0 Å². The number of hydrogen-bond acceptors (Lipinski definition) is 4. The Kier molecular flexibility index (Phi) is 5.28. The number of carbonyl (C=O) groups is 1. The van der Waals surface area contributed by atoms with E-state index in [4.69, 9.17) is 5.26 Å². The minimum absolute atomic E-state index is 0.106. The Balaban J connectivity index is 1.33. The van der Waals surface area contributed by atoms with Gasteiger partial charge in [-0.25, -0.2) is 0 Å². The molecule has 31 heavy (non-hydrogen) atoms. The summed E-state index contributed by atoms with van der Waals surface area (Å²) >= 11 is 0. The van der Waals surface area contributed by atoms with Gasteiger partial charge in [0.25, 0.3) is 0 Å². The highest BCUT2D eigenvalue weighted by atomic mass is 16.3. The van der Waals surface area contributed by atoms with E-state index in [0.717, 1.165) is 49.9 Å². The summed E-state index contributed by atoms with van der Waals surface area (Å²) in [4.78, 5) is 13.4. The molecular formula is C26H37N3O2. The molecule has 168 valence electrons. The first-order valence-corrected chi connectivity index (χ1v) is 12.5. The quantitative estimate of drug-likeness (QED) is 0.762. The molecule has 0 bridgehead atoms. The standard InChI is InChI=1S/C26H37N3O2/c1-25(31)10-8-19-18(12-25)6-7-21-20(19)9-11-26(2)22(21)4-3-5-23(26)24(30)16-29-15-17(13-27)14-28-29/h14-15,18-23,31H,3-12,16H2,1-2H3/t18?,19-,20+,21+,22-,23+,25+,26-/m0/s1. The van der Waals surface area contributed by atoms with Crippen LogP contribution in [0.15, 0.2) is 12.4 Å². The summed E-state index contributed by atoms with van der Waals surface area (Å²) in [6, 6.07) is 2.10. The molecule has 1 heterocycles. The molecule has 1 N–H and O–H groups in total. The van der Waals surface area contributed by atoms with Gasteiger partial charge >= 0.3 is 0 Å². The van der Waals surface area contributed by atoms with Gasteiger partial charge < -0.3 is 5.11 Å². The van der Waals surface area contributed by atoms with Crippen LogP contribution in [0.25, 0.3) is 0 Å². The maximum absolute atomic E-state index is 13.4. The molecule has 1 unspecified atom stereocenters. The lowest BCUT2D eigenvalue weighted by molar-refractivity contribution is -0.148. The zero-order valence-corrected chi connectivity index (χ0v) is 19.1. The molecule has 1 aromatic heterocycles. The average Bonchev–Trinajstić information content (AvgIpc) is 3.19.